The third-order valence-electron chi connectivity index (χ3n) is 4.61. The van der Waals surface area contributed by atoms with Crippen LogP contribution >= 0.6 is 24.0 Å². The summed E-state index contributed by atoms with van der Waals surface area (Å²) in [5.41, 5.74) is 6.84. The topological polar surface area (TPSA) is 78.1 Å². The van der Waals surface area contributed by atoms with Crippen LogP contribution in [-0.2, 0) is 9.47 Å². The van der Waals surface area contributed by atoms with Crippen LogP contribution in [0.15, 0.2) is 29.3 Å². The average molecular weight is 461 g/mol. The van der Waals surface area contributed by atoms with Crippen LogP contribution in [0.25, 0.3) is 0 Å². The lowest BCUT2D eigenvalue weighted by Gasteiger charge is -2.26. The predicted molar refractivity (Wildman–Crippen MR) is 110 cm³/mol. The van der Waals surface area contributed by atoms with Crippen molar-refractivity contribution in [3.63, 3.8) is 0 Å². The molecule has 2 fully saturated rings. The number of nitrogens with one attached hydrogen (secondary N) is 1. The SMILES string of the molecule is COc1ccc(NC(N)=NCC2COC3(CCCCCC3)O2)cc1.I. The Morgan fingerprint density at radius 1 is 1.24 bits per heavy atom. The summed E-state index contributed by atoms with van der Waals surface area (Å²) in [6, 6.07) is 7.55. The second-order valence-electron chi connectivity index (χ2n) is 6.46. The molecule has 1 aliphatic heterocycles. The number of nitrogens with zero attached hydrogens (tertiary/aromatic N) is 1. The van der Waals surface area contributed by atoms with E-state index in [1.165, 1.54) is 25.7 Å². The molecule has 140 valence electrons. The number of anilines is 1. The fraction of sp³-hybridized carbons (Fsp3) is 0.611. The normalized spacial score (nSPS) is 22.9. The van der Waals surface area contributed by atoms with Crippen molar-refractivity contribution in [2.45, 2.75) is 50.4 Å². The minimum Gasteiger partial charge on any atom is -0.497 e. The Labute approximate surface area is 166 Å². The first-order chi connectivity index (χ1) is 11.7. The van der Waals surface area contributed by atoms with Gasteiger partial charge in [-0.25, -0.2) is 0 Å². The number of hydrogen-bond donors (Lipinski definition) is 2. The van der Waals surface area contributed by atoms with Crippen LogP contribution in [0.1, 0.15) is 38.5 Å². The molecule has 25 heavy (non-hydrogen) atoms. The van der Waals surface area contributed by atoms with E-state index in [4.69, 9.17) is 19.9 Å². The number of methoxy groups -OCH3 is 1. The molecule has 3 rings (SSSR count). The van der Waals surface area contributed by atoms with Crippen LogP contribution in [0.2, 0.25) is 0 Å². The van der Waals surface area contributed by atoms with Crippen molar-refractivity contribution < 1.29 is 14.2 Å². The predicted octanol–water partition coefficient (Wildman–Crippen LogP) is 3.51. The van der Waals surface area contributed by atoms with Gasteiger partial charge in [0, 0.05) is 18.5 Å². The van der Waals surface area contributed by atoms with E-state index in [-0.39, 0.29) is 35.9 Å². The van der Waals surface area contributed by atoms with Gasteiger partial charge >= 0.3 is 0 Å². The molecule has 1 spiro atoms. The number of nitrogens with two attached hydrogens (primary N) is 1. The zero-order chi connectivity index (χ0) is 16.8. The maximum Gasteiger partial charge on any atom is 0.193 e. The van der Waals surface area contributed by atoms with Crippen molar-refractivity contribution >= 4 is 35.6 Å². The monoisotopic (exact) mass is 461 g/mol. The second kappa shape index (κ2) is 9.59. The summed E-state index contributed by atoms with van der Waals surface area (Å²) in [5.74, 6) is 0.821. The Balaban J connectivity index is 0.00000225. The summed E-state index contributed by atoms with van der Waals surface area (Å²) < 4.78 is 17.3. The van der Waals surface area contributed by atoms with Crippen molar-refractivity contribution in [3.05, 3.63) is 24.3 Å². The molecular weight excluding hydrogens is 433 g/mol. The highest BCUT2D eigenvalue weighted by molar-refractivity contribution is 14.0. The lowest BCUT2D eigenvalue weighted by Crippen LogP contribution is -2.31. The standard InChI is InChI=1S/C18H27N3O3.HI/c1-22-15-8-6-14(7-9-15)21-17(19)20-12-16-13-23-18(24-16)10-4-2-3-5-11-18;/h6-9,16H,2-5,10-13H2,1H3,(H3,19,20,21);1H. The molecule has 1 atom stereocenters. The van der Waals surface area contributed by atoms with Gasteiger partial charge in [0.1, 0.15) is 11.9 Å². The molecule has 1 unspecified atom stereocenters. The number of benzene rings is 1. The van der Waals surface area contributed by atoms with Crippen molar-refractivity contribution in [3.8, 4) is 5.75 Å². The molecule has 1 saturated carbocycles. The molecule has 7 heteroatoms. The molecule has 0 amide bonds. The van der Waals surface area contributed by atoms with E-state index in [0.29, 0.717) is 19.1 Å². The lowest BCUT2D eigenvalue weighted by atomic mass is 10.1. The van der Waals surface area contributed by atoms with Gasteiger partial charge in [0.25, 0.3) is 0 Å². The molecule has 1 saturated heterocycles. The van der Waals surface area contributed by atoms with Crippen LogP contribution in [0, 0.1) is 0 Å². The maximum atomic E-state index is 6.17. The minimum atomic E-state index is -0.366. The zero-order valence-electron chi connectivity index (χ0n) is 14.7. The second-order valence-corrected chi connectivity index (χ2v) is 6.46. The first-order valence-electron chi connectivity index (χ1n) is 8.72. The number of guanidine groups is 1. The van der Waals surface area contributed by atoms with E-state index in [9.17, 15) is 0 Å². The number of ether oxygens (including phenoxy) is 3. The van der Waals surface area contributed by atoms with Crippen molar-refractivity contribution in [2.75, 3.05) is 25.6 Å². The number of aliphatic imine (C=N–C) groups is 1. The van der Waals surface area contributed by atoms with Gasteiger partial charge < -0.3 is 25.3 Å². The summed E-state index contributed by atoms with van der Waals surface area (Å²) >= 11 is 0. The molecule has 2 aliphatic rings. The fourth-order valence-corrected chi connectivity index (χ4v) is 3.30. The molecule has 1 aliphatic carbocycles. The Kier molecular flexibility index (Phi) is 7.77. The maximum absolute atomic E-state index is 6.17. The van der Waals surface area contributed by atoms with Gasteiger partial charge in [-0.3, -0.25) is 4.99 Å². The van der Waals surface area contributed by atoms with Crippen LogP contribution in [0.4, 0.5) is 5.69 Å². The van der Waals surface area contributed by atoms with E-state index in [1.54, 1.807) is 7.11 Å². The first kappa shape index (κ1) is 20.3. The van der Waals surface area contributed by atoms with E-state index in [1.807, 2.05) is 24.3 Å². The largest absolute Gasteiger partial charge is 0.497 e. The smallest absolute Gasteiger partial charge is 0.193 e. The van der Waals surface area contributed by atoms with Crippen molar-refractivity contribution in [1.29, 1.82) is 0 Å². The quantitative estimate of drug-likeness (QED) is 0.408. The third-order valence-corrected chi connectivity index (χ3v) is 4.61. The molecule has 0 bridgehead atoms. The highest BCUT2D eigenvalue weighted by Gasteiger charge is 2.41. The van der Waals surface area contributed by atoms with Gasteiger partial charge in [-0.15, -0.1) is 24.0 Å². The summed E-state index contributed by atoms with van der Waals surface area (Å²) in [5, 5.41) is 3.07. The Morgan fingerprint density at radius 3 is 2.56 bits per heavy atom. The summed E-state index contributed by atoms with van der Waals surface area (Å²) in [6.45, 7) is 1.11. The minimum absolute atomic E-state index is 0. The molecule has 3 N–H and O–H groups in total. The average Bonchev–Trinajstić information content (AvgIpc) is 2.85. The Bertz CT molecular complexity index is 557. The van der Waals surface area contributed by atoms with E-state index >= 15 is 0 Å². The molecule has 1 heterocycles. The molecule has 0 radical (unpaired) electrons. The summed E-state index contributed by atoms with van der Waals surface area (Å²) in [4.78, 5) is 4.39. The van der Waals surface area contributed by atoms with E-state index in [2.05, 4.69) is 10.3 Å². The van der Waals surface area contributed by atoms with Crippen LogP contribution < -0.4 is 15.8 Å². The van der Waals surface area contributed by atoms with E-state index in [0.717, 1.165) is 24.3 Å². The van der Waals surface area contributed by atoms with Crippen LogP contribution in [-0.4, -0.2) is 38.1 Å². The van der Waals surface area contributed by atoms with E-state index < -0.39 is 0 Å². The van der Waals surface area contributed by atoms with Crippen molar-refractivity contribution in [1.82, 2.24) is 0 Å². The molecular formula is C18H28IN3O3. The third kappa shape index (κ3) is 5.72. The highest BCUT2D eigenvalue weighted by Crippen LogP contribution is 2.36. The number of rotatable bonds is 4. The molecule has 1 aromatic carbocycles. The highest BCUT2D eigenvalue weighted by atomic mass is 127. The van der Waals surface area contributed by atoms with Gasteiger partial charge in [-0.05, 0) is 37.1 Å². The van der Waals surface area contributed by atoms with Gasteiger partial charge in [-0.2, -0.15) is 0 Å². The molecule has 1 aromatic rings. The fourth-order valence-electron chi connectivity index (χ4n) is 3.30. The van der Waals surface area contributed by atoms with Gasteiger partial charge in [0.15, 0.2) is 11.7 Å². The zero-order valence-corrected chi connectivity index (χ0v) is 17.0. The Hall–Kier alpha value is -1.06. The van der Waals surface area contributed by atoms with Crippen LogP contribution in [0.3, 0.4) is 0 Å². The molecule has 0 aromatic heterocycles. The Morgan fingerprint density at radius 2 is 1.92 bits per heavy atom. The summed E-state index contributed by atoms with van der Waals surface area (Å²) in [7, 11) is 1.64. The van der Waals surface area contributed by atoms with Crippen molar-refractivity contribution in [2.24, 2.45) is 10.7 Å². The van der Waals surface area contributed by atoms with Gasteiger partial charge in [-0.1, -0.05) is 12.8 Å². The summed E-state index contributed by atoms with van der Waals surface area (Å²) in [6.07, 6.45) is 6.87. The van der Waals surface area contributed by atoms with Crippen LogP contribution in [0.5, 0.6) is 5.75 Å². The lowest BCUT2D eigenvalue weighted by molar-refractivity contribution is -0.174. The van der Waals surface area contributed by atoms with Gasteiger partial charge in [0.05, 0.1) is 20.3 Å². The molecule has 6 nitrogen and oxygen atoms in total. The number of halogens is 1. The first-order valence-corrected chi connectivity index (χ1v) is 8.72. The van der Waals surface area contributed by atoms with Gasteiger partial charge in [0.2, 0.25) is 0 Å². The number of hydrogen-bond acceptors (Lipinski definition) is 4.